The van der Waals surface area contributed by atoms with E-state index in [0.29, 0.717) is 31.7 Å². The van der Waals surface area contributed by atoms with Crippen LogP contribution in [-0.4, -0.2) is 76.9 Å². The summed E-state index contributed by atoms with van der Waals surface area (Å²) in [6.07, 6.45) is 4.29. The molecule has 204 valence electrons. The van der Waals surface area contributed by atoms with E-state index in [1.165, 1.54) is 11.3 Å². The summed E-state index contributed by atoms with van der Waals surface area (Å²) in [5.41, 5.74) is 6.80. The lowest BCUT2D eigenvalue weighted by Gasteiger charge is -2.39. The van der Waals surface area contributed by atoms with E-state index in [4.69, 9.17) is 0 Å². The fourth-order valence-electron chi connectivity index (χ4n) is 4.91. The zero-order valence-corrected chi connectivity index (χ0v) is 22.8. The third-order valence-electron chi connectivity index (χ3n) is 7.31. The number of nitrogens with zero attached hydrogens (tertiary/aromatic N) is 5. The fraction of sp³-hybridized carbons (Fsp3) is 0.393. The molecule has 2 aliphatic heterocycles. The second-order valence-electron chi connectivity index (χ2n) is 9.74. The molecule has 0 atom stereocenters. The first-order chi connectivity index (χ1) is 19.0. The van der Waals surface area contributed by atoms with Crippen LogP contribution in [0.1, 0.15) is 57.1 Å². The number of benzene rings is 1. The lowest BCUT2D eigenvalue weighted by molar-refractivity contribution is 0.0844. The molecule has 39 heavy (non-hydrogen) atoms. The van der Waals surface area contributed by atoms with Crippen LogP contribution in [0.3, 0.4) is 0 Å². The molecule has 0 saturated carbocycles. The third kappa shape index (κ3) is 6.36. The molecule has 0 unspecified atom stereocenters. The van der Waals surface area contributed by atoms with Crippen LogP contribution in [0, 0.1) is 0 Å². The van der Waals surface area contributed by atoms with Gasteiger partial charge in [-0.15, -0.1) is 11.3 Å². The molecule has 2 saturated heterocycles. The number of aryl methyl sites for hydroxylation is 1. The molecule has 3 aromatic rings. The van der Waals surface area contributed by atoms with Gasteiger partial charge in [0.05, 0.1) is 5.01 Å². The number of carbonyl (C=O) groups excluding carboxylic acids is 3. The molecule has 0 aliphatic carbocycles. The maximum atomic E-state index is 13.1. The summed E-state index contributed by atoms with van der Waals surface area (Å²) in [7, 11) is 0. The van der Waals surface area contributed by atoms with E-state index < -0.39 is 5.91 Å². The Morgan fingerprint density at radius 3 is 2.26 bits per heavy atom. The Morgan fingerprint density at radius 1 is 0.897 bits per heavy atom. The van der Waals surface area contributed by atoms with Gasteiger partial charge >= 0.3 is 6.03 Å². The Labute approximate surface area is 232 Å². The highest BCUT2D eigenvalue weighted by Crippen LogP contribution is 2.31. The van der Waals surface area contributed by atoms with E-state index in [9.17, 15) is 14.4 Å². The van der Waals surface area contributed by atoms with Crippen molar-refractivity contribution in [3.05, 3.63) is 75.9 Å². The molecule has 4 heterocycles. The van der Waals surface area contributed by atoms with Crippen LogP contribution in [0.15, 0.2) is 54.0 Å². The van der Waals surface area contributed by atoms with Gasteiger partial charge in [-0.2, -0.15) is 0 Å². The minimum Gasteiger partial charge on any atom is -0.353 e. The molecule has 1 aromatic carbocycles. The van der Waals surface area contributed by atoms with Gasteiger partial charge in [-0.3, -0.25) is 20.4 Å². The van der Waals surface area contributed by atoms with Gasteiger partial charge in [0.15, 0.2) is 0 Å². The van der Waals surface area contributed by atoms with Gasteiger partial charge in [-0.1, -0.05) is 25.1 Å². The molecule has 10 nitrogen and oxygen atoms in total. The minimum absolute atomic E-state index is 0.0911. The molecule has 0 bridgehead atoms. The highest BCUT2D eigenvalue weighted by molar-refractivity contribution is 7.09. The summed E-state index contributed by atoms with van der Waals surface area (Å²) in [5, 5.41) is 2.60. The average Bonchev–Trinajstić information content (AvgIpc) is 3.51. The lowest BCUT2D eigenvalue weighted by Crippen LogP contribution is -2.54. The normalized spacial score (nSPS) is 16.2. The van der Waals surface area contributed by atoms with Crippen LogP contribution in [0.5, 0.6) is 0 Å². The van der Waals surface area contributed by atoms with Crippen molar-refractivity contribution < 1.29 is 14.4 Å². The Kier molecular flexibility index (Phi) is 8.36. The van der Waals surface area contributed by atoms with Crippen molar-refractivity contribution in [2.75, 3.05) is 44.2 Å². The Bertz CT molecular complexity index is 1280. The van der Waals surface area contributed by atoms with Crippen molar-refractivity contribution in [3.8, 4) is 0 Å². The Morgan fingerprint density at radius 2 is 1.59 bits per heavy atom. The molecule has 4 amide bonds. The van der Waals surface area contributed by atoms with Crippen LogP contribution in [0.4, 0.5) is 10.6 Å². The van der Waals surface area contributed by atoms with Crippen molar-refractivity contribution in [2.24, 2.45) is 0 Å². The summed E-state index contributed by atoms with van der Waals surface area (Å²) < 4.78 is 0. The van der Waals surface area contributed by atoms with Crippen LogP contribution in [-0.2, 0) is 6.42 Å². The summed E-state index contributed by atoms with van der Waals surface area (Å²) in [6.45, 7) is 6.29. The molecule has 0 radical (unpaired) electrons. The number of hydrazine groups is 1. The van der Waals surface area contributed by atoms with Crippen LogP contribution >= 0.6 is 11.3 Å². The number of rotatable bonds is 5. The fourth-order valence-corrected chi connectivity index (χ4v) is 5.88. The van der Waals surface area contributed by atoms with Gasteiger partial charge < -0.3 is 14.7 Å². The van der Waals surface area contributed by atoms with E-state index in [-0.39, 0.29) is 23.6 Å². The quantitative estimate of drug-likeness (QED) is 0.475. The third-order valence-corrected chi connectivity index (χ3v) is 8.31. The van der Waals surface area contributed by atoms with Crippen LogP contribution in [0.2, 0.25) is 0 Å². The predicted molar refractivity (Wildman–Crippen MR) is 150 cm³/mol. The van der Waals surface area contributed by atoms with E-state index in [1.54, 1.807) is 23.7 Å². The molecular weight excluding hydrogens is 514 g/mol. The number of thiazole rings is 1. The summed E-state index contributed by atoms with van der Waals surface area (Å²) in [5.74, 6) is 0.324. The zero-order chi connectivity index (χ0) is 27.2. The van der Waals surface area contributed by atoms with Gasteiger partial charge in [0, 0.05) is 62.3 Å². The lowest BCUT2D eigenvalue weighted by atomic mass is 9.98. The van der Waals surface area contributed by atoms with Crippen LogP contribution < -0.4 is 15.8 Å². The molecule has 2 N–H and O–H groups in total. The average molecular weight is 548 g/mol. The van der Waals surface area contributed by atoms with Crippen molar-refractivity contribution >= 4 is 35.0 Å². The van der Waals surface area contributed by atoms with Crippen molar-refractivity contribution in [1.82, 2.24) is 30.6 Å². The number of aromatic nitrogens is 2. The highest BCUT2D eigenvalue weighted by Gasteiger charge is 2.30. The topological polar surface area (TPSA) is 111 Å². The molecule has 0 spiro atoms. The van der Waals surface area contributed by atoms with Crippen molar-refractivity contribution in [1.29, 1.82) is 0 Å². The van der Waals surface area contributed by atoms with Gasteiger partial charge in [-0.25, -0.2) is 14.8 Å². The second kappa shape index (κ2) is 12.2. The smallest absolute Gasteiger partial charge is 0.320 e. The number of carbonyl (C=O) groups is 3. The van der Waals surface area contributed by atoms with Crippen molar-refractivity contribution in [3.63, 3.8) is 0 Å². The number of hydrogen-bond acceptors (Lipinski definition) is 7. The molecule has 5 rings (SSSR count). The molecular formula is C28H33N7O3S. The Balaban J connectivity index is 1.07. The summed E-state index contributed by atoms with van der Waals surface area (Å²) in [6, 6.07) is 13.2. The van der Waals surface area contributed by atoms with Crippen LogP contribution in [0.25, 0.3) is 0 Å². The number of pyridine rings is 1. The Hall–Kier alpha value is -3.99. The first-order valence-corrected chi connectivity index (χ1v) is 14.2. The predicted octanol–water partition coefficient (Wildman–Crippen LogP) is 3.30. The van der Waals surface area contributed by atoms with Gasteiger partial charge in [0.1, 0.15) is 11.5 Å². The maximum Gasteiger partial charge on any atom is 0.320 e. The van der Waals surface area contributed by atoms with Gasteiger partial charge in [-0.05, 0) is 49.1 Å². The monoisotopic (exact) mass is 547 g/mol. The molecule has 11 heteroatoms. The number of likely N-dealkylation sites (tertiary alicyclic amines) is 1. The zero-order valence-electron chi connectivity index (χ0n) is 22.0. The number of amides is 4. The number of hydrogen-bond donors (Lipinski definition) is 2. The second-order valence-corrected chi connectivity index (χ2v) is 10.6. The van der Waals surface area contributed by atoms with Gasteiger partial charge in [0.2, 0.25) is 0 Å². The van der Waals surface area contributed by atoms with Crippen molar-refractivity contribution in [2.45, 2.75) is 32.1 Å². The SMILES string of the molecule is CCc1ccc(C(=O)NNC(=O)c2csc(C3CCN(C(=O)N4CCN(c5ccccn5)CC4)CC3)n2)cc1. The number of piperazine rings is 1. The number of nitrogens with one attached hydrogen (secondary N) is 2. The van der Waals surface area contributed by atoms with E-state index in [2.05, 4.69) is 25.7 Å². The first kappa shape index (κ1) is 26.6. The molecule has 2 aliphatic rings. The number of piperidine rings is 1. The molecule has 2 aromatic heterocycles. The van der Waals surface area contributed by atoms with E-state index in [1.807, 2.05) is 47.1 Å². The minimum atomic E-state index is -0.450. The molecule has 2 fully saturated rings. The van der Waals surface area contributed by atoms with Gasteiger partial charge in [0.25, 0.3) is 11.8 Å². The summed E-state index contributed by atoms with van der Waals surface area (Å²) in [4.78, 5) is 53.0. The van der Waals surface area contributed by atoms with E-state index in [0.717, 1.165) is 48.7 Å². The largest absolute Gasteiger partial charge is 0.353 e. The standard InChI is InChI=1S/C28H33N7O3S/c1-2-20-6-8-21(9-7-20)25(36)31-32-26(37)23-19-39-27(30-23)22-10-13-34(14-11-22)28(38)35-17-15-33(16-18-35)24-5-3-4-12-29-24/h3-9,12,19,22H,2,10-11,13-18H2,1H3,(H,31,36)(H,32,37). The first-order valence-electron chi connectivity index (χ1n) is 13.4. The number of anilines is 1. The number of urea groups is 1. The maximum absolute atomic E-state index is 13.1. The van der Waals surface area contributed by atoms with E-state index >= 15 is 0 Å². The summed E-state index contributed by atoms with van der Waals surface area (Å²) >= 11 is 1.44. The highest BCUT2D eigenvalue weighted by atomic mass is 32.1.